The van der Waals surface area contributed by atoms with E-state index in [-0.39, 0.29) is 11.8 Å². The van der Waals surface area contributed by atoms with Crippen LogP contribution in [0.4, 0.5) is 5.69 Å². The molecule has 1 aromatic rings. The van der Waals surface area contributed by atoms with Crippen LogP contribution in [0.2, 0.25) is 0 Å². The highest BCUT2D eigenvalue weighted by atomic mass is 16.6. The number of benzene rings is 1. The zero-order valence-electron chi connectivity index (χ0n) is 11.7. The molecule has 0 unspecified atom stereocenters. The summed E-state index contributed by atoms with van der Waals surface area (Å²) in [6, 6.07) is 5.54. The van der Waals surface area contributed by atoms with Gasteiger partial charge in [-0.05, 0) is 45.1 Å². The normalized spacial score (nSPS) is 19.6. The Hall–Kier alpha value is -1.75. The highest BCUT2D eigenvalue weighted by Crippen LogP contribution is 2.32. The van der Waals surface area contributed by atoms with Gasteiger partial charge in [0.25, 0.3) is 0 Å². The van der Waals surface area contributed by atoms with Crippen molar-refractivity contribution < 1.29 is 14.3 Å². The van der Waals surface area contributed by atoms with Gasteiger partial charge in [0, 0.05) is 17.7 Å². The van der Waals surface area contributed by atoms with Gasteiger partial charge < -0.3 is 19.7 Å². The molecule has 20 heavy (non-hydrogen) atoms. The quantitative estimate of drug-likeness (QED) is 0.894. The van der Waals surface area contributed by atoms with E-state index in [1.54, 1.807) is 0 Å². The van der Waals surface area contributed by atoms with Gasteiger partial charge in [-0.25, -0.2) is 0 Å². The van der Waals surface area contributed by atoms with Crippen molar-refractivity contribution in [2.24, 2.45) is 5.92 Å². The summed E-state index contributed by atoms with van der Waals surface area (Å²) in [5, 5.41) is 2.98. The maximum atomic E-state index is 12.2. The Balaban J connectivity index is 1.64. The molecule has 0 radical (unpaired) electrons. The number of nitrogens with zero attached hydrogens (tertiary/aromatic N) is 1. The van der Waals surface area contributed by atoms with E-state index in [0.717, 1.165) is 37.4 Å². The van der Waals surface area contributed by atoms with Crippen LogP contribution < -0.4 is 14.8 Å². The molecule has 5 nitrogen and oxygen atoms in total. The van der Waals surface area contributed by atoms with Crippen molar-refractivity contribution in [3.05, 3.63) is 18.2 Å². The SMILES string of the molecule is CN1CCC(C(=O)Nc2ccc3c(c2)OCCO3)CC1. The second-order valence-corrected chi connectivity index (χ2v) is 5.43. The van der Waals surface area contributed by atoms with E-state index in [4.69, 9.17) is 9.47 Å². The van der Waals surface area contributed by atoms with E-state index < -0.39 is 0 Å². The molecule has 1 aromatic carbocycles. The molecule has 0 aromatic heterocycles. The van der Waals surface area contributed by atoms with Gasteiger partial charge in [-0.3, -0.25) is 4.79 Å². The lowest BCUT2D eigenvalue weighted by molar-refractivity contribution is -0.121. The molecular weight excluding hydrogens is 256 g/mol. The number of nitrogens with one attached hydrogen (secondary N) is 1. The molecule has 3 rings (SSSR count). The molecule has 2 aliphatic rings. The topological polar surface area (TPSA) is 50.8 Å². The Morgan fingerprint density at radius 3 is 2.65 bits per heavy atom. The smallest absolute Gasteiger partial charge is 0.227 e. The van der Waals surface area contributed by atoms with Crippen LogP contribution in [0.1, 0.15) is 12.8 Å². The molecule has 0 aliphatic carbocycles. The molecule has 1 N–H and O–H groups in total. The maximum absolute atomic E-state index is 12.2. The summed E-state index contributed by atoms with van der Waals surface area (Å²) >= 11 is 0. The average Bonchev–Trinajstić information content (AvgIpc) is 2.48. The Morgan fingerprint density at radius 2 is 1.90 bits per heavy atom. The molecule has 2 heterocycles. The summed E-state index contributed by atoms with van der Waals surface area (Å²) in [6.07, 6.45) is 1.85. The zero-order valence-corrected chi connectivity index (χ0v) is 11.7. The fourth-order valence-electron chi connectivity index (χ4n) is 2.64. The Labute approximate surface area is 118 Å². The van der Waals surface area contributed by atoms with Gasteiger partial charge in [0.2, 0.25) is 5.91 Å². The minimum Gasteiger partial charge on any atom is -0.486 e. The highest BCUT2D eigenvalue weighted by Gasteiger charge is 2.23. The number of piperidine rings is 1. The standard InChI is InChI=1S/C15H20N2O3/c1-17-6-4-11(5-7-17)15(18)16-12-2-3-13-14(10-12)20-9-8-19-13/h2-3,10-11H,4-9H2,1H3,(H,16,18). The van der Waals surface area contributed by atoms with Crippen molar-refractivity contribution in [2.45, 2.75) is 12.8 Å². The Kier molecular flexibility index (Phi) is 3.78. The predicted octanol–water partition coefficient (Wildman–Crippen LogP) is 1.74. The summed E-state index contributed by atoms with van der Waals surface area (Å²) in [4.78, 5) is 14.5. The van der Waals surface area contributed by atoms with E-state index in [9.17, 15) is 4.79 Å². The molecule has 108 valence electrons. The van der Waals surface area contributed by atoms with Crippen LogP contribution in [-0.4, -0.2) is 44.2 Å². The molecule has 1 fully saturated rings. The summed E-state index contributed by atoms with van der Waals surface area (Å²) in [5.74, 6) is 1.67. The van der Waals surface area contributed by atoms with Crippen LogP contribution in [0.15, 0.2) is 18.2 Å². The fraction of sp³-hybridized carbons (Fsp3) is 0.533. The van der Waals surface area contributed by atoms with Crippen molar-refractivity contribution in [1.29, 1.82) is 0 Å². The van der Waals surface area contributed by atoms with Crippen molar-refractivity contribution in [3.8, 4) is 11.5 Å². The predicted molar refractivity (Wildman–Crippen MR) is 76.3 cm³/mol. The lowest BCUT2D eigenvalue weighted by Crippen LogP contribution is -2.35. The zero-order chi connectivity index (χ0) is 13.9. The number of hydrogen-bond donors (Lipinski definition) is 1. The summed E-state index contributed by atoms with van der Waals surface area (Å²) in [7, 11) is 2.09. The summed E-state index contributed by atoms with van der Waals surface area (Å²) in [5.41, 5.74) is 0.776. The number of likely N-dealkylation sites (tertiary alicyclic amines) is 1. The Morgan fingerprint density at radius 1 is 1.20 bits per heavy atom. The molecule has 0 saturated carbocycles. The van der Waals surface area contributed by atoms with Crippen molar-refractivity contribution in [2.75, 3.05) is 38.7 Å². The van der Waals surface area contributed by atoms with E-state index in [0.29, 0.717) is 19.0 Å². The number of fused-ring (bicyclic) bond motifs is 1. The van der Waals surface area contributed by atoms with Gasteiger partial charge >= 0.3 is 0 Å². The van der Waals surface area contributed by atoms with Crippen molar-refractivity contribution >= 4 is 11.6 Å². The first-order valence-corrected chi connectivity index (χ1v) is 7.11. The molecule has 5 heteroatoms. The number of rotatable bonds is 2. The Bertz CT molecular complexity index is 496. The van der Waals surface area contributed by atoms with Crippen molar-refractivity contribution in [1.82, 2.24) is 4.90 Å². The number of anilines is 1. The van der Waals surface area contributed by atoms with Gasteiger partial charge in [0.15, 0.2) is 11.5 Å². The molecule has 1 amide bonds. The molecule has 1 saturated heterocycles. The second kappa shape index (κ2) is 5.71. The lowest BCUT2D eigenvalue weighted by atomic mass is 9.96. The summed E-state index contributed by atoms with van der Waals surface area (Å²) < 4.78 is 11.0. The van der Waals surface area contributed by atoms with Gasteiger partial charge in [-0.15, -0.1) is 0 Å². The summed E-state index contributed by atoms with van der Waals surface area (Å²) in [6.45, 7) is 3.10. The highest BCUT2D eigenvalue weighted by molar-refractivity contribution is 5.93. The first-order valence-electron chi connectivity index (χ1n) is 7.11. The first-order chi connectivity index (χ1) is 9.72. The first kappa shape index (κ1) is 13.2. The van der Waals surface area contributed by atoms with Crippen molar-refractivity contribution in [3.63, 3.8) is 0 Å². The number of ether oxygens (including phenoxy) is 2. The molecule has 0 bridgehead atoms. The van der Waals surface area contributed by atoms with Crippen LogP contribution in [0.3, 0.4) is 0 Å². The van der Waals surface area contributed by atoms with E-state index >= 15 is 0 Å². The minimum atomic E-state index is 0.106. The van der Waals surface area contributed by atoms with Gasteiger partial charge in [0.05, 0.1) is 0 Å². The number of amides is 1. The van der Waals surface area contributed by atoms with Crippen LogP contribution in [0.25, 0.3) is 0 Å². The van der Waals surface area contributed by atoms with E-state index in [1.807, 2.05) is 18.2 Å². The van der Waals surface area contributed by atoms with Gasteiger partial charge in [-0.1, -0.05) is 0 Å². The third-order valence-corrected chi connectivity index (χ3v) is 3.90. The second-order valence-electron chi connectivity index (χ2n) is 5.43. The van der Waals surface area contributed by atoms with Gasteiger partial charge in [-0.2, -0.15) is 0 Å². The molecule has 0 spiro atoms. The third kappa shape index (κ3) is 2.88. The largest absolute Gasteiger partial charge is 0.486 e. The van der Waals surface area contributed by atoms with E-state index in [2.05, 4.69) is 17.3 Å². The van der Waals surface area contributed by atoms with Crippen LogP contribution in [0, 0.1) is 5.92 Å². The fourth-order valence-corrected chi connectivity index (χ4v) is 2.64. The number of hydrogen-bond acceptors (Lipinski definition) is 4. The van der Waals surface area contributed by atoms with Crippen LogP contribution >= 0.6 is 0 Å². The number of carbonyl (C=O) groups excluding carboxylic acids is 1. The maximum Gasteiger partial charge on any atom is 0.227 e. The average molecular weight is 276 g/mol. The molecule has 0 atom stereocenters. The third-order valence-electron chi connectivity index (χ3n) is 3.90. The number of carbonyl (C=O) groups is 1. The minimum absolute atomic E-state index is 0.106. The molecule has 2 aliphatic heterocycles. The van der Waals surface area contributed by atoms with Gasteiger partial charge in [0.1, 0.15) is 13.2 Å². The van der Waals surface area contributed by atoms with E-state index in [1.165, 1.54) is 0 Å². The lowest BCUT2D eigenvalue weighted by Gasteiger charge is -2.28. The van der Waals surface area contributed by atoms with Crippen LogP contribution in [0.5, 0.6) is 11.5 Å². The molecular formula is C15H20N2O3. The van der Waals surface area contributed by atoms with Crippen LogP contribution in [-0.2, 0) is 4.79 Å². The monoisotopic (exact) mass is 276 g/mol.